The van der Waals surface area contributed by atoms with E-state index in [2.05, 4.69) is 162 Å². The molecule has 2 heterocycles. The standard InChI is InChI=1S/C43H28N2O/c1-3-9-29(10-4-1)30-15-18-33(19-16-30)45(40-23-22-35(31-11-5-2-6-12-31)37-13-7-8-14-38(37)40)34-20-21-36-32(27-34)17-24-41-43(36)39-25-26-44-28-42(39)46-41/h1-28H. The van der Waals surface area contributed by atoms with Gasteiger partial charge in [-0.3, -0.25) is 4.98 Å². The van der Waals surface area contributed by atoms with Gasteiger partial charge < -0.3 is 9.32 Å². The van der Waals surface area contributed by atoms with Crippen LogP contribution in [0.5, 0.6) is 0 Å². The summed E-state index contributed by atoms with van der Waals surface area (Å²) < 4.78 is 6.15. The van der Waals surface area contributed by atoms with Gasteiger partial charge in [-0.2, -0.15) is 0 Å². The van der Waals surface area contributed by atoms with Crippen molar-refractivity contribution in [3.05, 3.63) is 170 Å². The maximum atomic E-state index is 6.15. The third-order valence-electron chi connectivity index (χ3n) is 8.96. The van der Waals surface area contributed by atoms with Gasteiger partial charge in [0.25, 0.3) is 0 Å². The monoisotopic (exact) mass is 588 g/mol. The number of anilines is 3. The molecule has 0 atom stereocenters. The minimum absolute atomic E-state index is 0.805. The number of furan rings is 1. The molecule has 46 heavy (non-hydrogen) atoms. The first kappa shape index (κ1) is 26.2. The molecule has 0 fully saturated rings. The molecule has 216 valence electrons. The molecule has 3 heteroatoms. The van der Waals surface area contributed by atoms with E-state index in [0.29, 0.717) is 0 Å². The molecule has 0 aliphatic carbocycles. The lowest BCUT2D eigenvalue weighted by molar-refractivity contribution is 0.667. The largest absolute Gasteiger partial charge is 0.454 e. The van der Waals surface area contributed by atoms with E-state index in [1.165, 1.54) is 33.0 Å². The molecule has 9 rings (SSSR count). The summed E-state index contributed by atoms with van der Waals surface area (Å²) in [5.74, 6) is 0. The van der Waals surface area contributed by atoms with Gasteiger partial charge in [-0.15, -0.1) is 0 Å². The Bertz CT molecular complexity index is 2520. The minimum Gasteiger partial charge on any atom is -0.454 e. The first-order chi connectivity index (χ1) is 22.8. The summed E-state index contributed by atoms with van der Waals surface area (Å²) in [5, 5.41) is 6.94. The summed E-state index contributed by atoms with van der Waals surface area (Å²) in [6, 6.07) is 56.3. The highest BCUT2D eigenvalue weighted by Gasteiger charge is 2.19. The number of hydrogen-bond donors (Lipinski definition) is 0. The SMILES string of the molecule is c1ccc(-c2ccc(N(c3ccc4c(ccc5oc6cnccc6c54)c3)c3ccc(-c4ccccc4)c4ccccc34)cc2)cc1. The average Bonchev–Trinajstić information content (AvgIpc) is 3.52. The molecule has 0 saturated heterocycles. The van der Waals surface area contributed by atoms with E-state index in [1.54, 1.807) is 6.20 Å². The van der Waals surface area contributed by atoms with Gasteiger partial charge in [0, 0.05) is 33.7 Å². The van der Waals surface area contributed by atoms with Crippen LogP contribution in [-0.2, 0) is 0 Å². The Morgan fingerprint density at radius 1 is 0.457 bits per heavy atom. The van der Waals surface area contributed by atoms with Crippen LogP contribution in [0.25, 0.3) is 65.7 Å². The third-order valence-corrected chi connectivity index (χ3v) is 8.96. The van der Waals surface area contributed by atoms with Crippen LogP contribution in [0.3, 0.4) is 0 Å². The zero-order valence-corrected chi connectivity index (χ0v) is 25.0. The van der Waals surface area contributed by atoms with Crippen LogP contribution >= 0.6 is 0 Å². The number of pyridine rings is 1. The molecule has 0 unspecified atom stereocenters. The summed E-state index contributed by atoms with van der Waals surface area (Å²) in [6.45, 7) is 0. The van der Waals surface area contributed by atoms with Gasteiger partial charge in [0.1, 0.15) is 5.58 Å². The van der Waals surface area contributed by atoms with Crippen molar-refractivity contribution >= 4 is 60.5 Å². The highest BCUT2D eigenvalue weighted by Crippen LogP contribution is 2.44. The Labute approximate surface area is 266 Å². The molecule has 2 aromatic heterocycles. The normalized spacial score (nSPS) is 11.5. The Morgan fingerprint density at radius 2 is 1.15 bits per heavy atom. The molecule has 0 amide bonds. The zero-order chi connectivity index (χ0) is 30.5. The third kappa shape index (κ3) is 4.33. The molecule has 0 N–H and O–H groups in total. The second kappa shape index (κ2) is 10.8. The number of rotatable bonds is 5. The highest BCUT2D eigenvalue weighted by molar-refractivity contribution is 6.19. The smallest absolute Gasteiger partial charge is 0.153 e. The Kier molecular flexibility index (Phi) is 6.14. The lowest BCUT2D eigenvalue weighted by atomic mass is 9.96. The van der Waals surface area contributed by atoms with Gasteiger partial charge >= 0.3 is 0 Å². The molecule has 3 nitrogen and oxygen atoms in total. The van der Waals surface area contributed by atoms with Crippen LogP contribution < -0.4 is 4.90 Å². The lowest BCUT2D eigenvalue weighted by Gasteiger charge is -2.28. The Morgan fingerprint density at radius 3 is 1.96 bits per heavy atom. The summed E-state index contributed by atoms with van der Waals surface area (Å²) in [5.41, 5.74) is 9.82. The van der Waals surface area contributed by atoms with Gasteiger partial charge in [0.2, 0.25) is 0 Å². The van der Waals surface area contributed by atoms with Crippen molar-refractivity contribution in [3.63, 3.8) is 0 Å². The van der Waals surface area contributed by atoms with Crippen LogP contribution in [0, 0.1) is 0 Å². The zero-order valence-electron chi connectivity index (χ0n) is 25.0. The number of fused-ring (bicyclic) bond motifs is 6. The molecule has 9 aromatic rings. The molecule has 0 aliphatic rings. The first-order valence-corrected chi connectivity index (χ1v) is 15.5. The minimum atomic E-state index is 0.805. The average molecular weight is 589 g/mol. The first-order valence-electron chi connectivity index (χ1n) is 15.5. The van der Waals surface area contributed by atoms with E-state index in [0.717, 1.165) is 49.8 Å². The van der Waals surface area contributed by atoms with Crippen LogP contribution in [0.1, 0.15) is 0 Å². The number of aromatic nitrogens is 1. The van der Waals surface area contributed by atoms with Gasteiger partial charge in [-0.25, -0.2) is 0 Å². The van der Waals surface area contributed by atoms with Gasteiger partial charge in [-0.1, -0.05) is 115 Å². The van der Waals surface area contributed by atoms with Crippen molar-refractivity contribution in [1.29, 1.82) is 0 Å². The Hall–Kier alpha value is -6.19. The summed E-state index contributed by atoms with van der Waals surface area (Å²) in [7, 11) is 0. The van der Waals surface area contributed by atoms with Crippen molar-refractivity contribution in [2.24, 2.45) is 0 Å². The maximum Gasteiger partial charge on any atom is 0.153 e. The van der Waals surface area contributed by atoms with Crippen molar-refractivity contribution in [3.8, 4) is 22.3 Å². The van der Waals surface area contributed by atoms with Crippen LogP contribution in [0.2, 0.25) is 0 Å². The van der Waals surface area contributed by atoms with E-state index < -0.39 is 0 Å². The van der Waals surface area contributed by atoms with E-state index in [1.807, 2.05) is 12.3 Å². The Balaban J connectivity index is 1.26. The summed E-state index contributed by atoms with van der Waals surface area (Å²) in [4.78, 5) is 6.65. The number of benzene rings is 7. The molecule has 0 spiro atoms. The number of nitrogens with zero attached hydrogens (tertiary/aromatic N) is 2. The maximum absolute atomic E-state index is 6.15. The van der Waals surface area contributed by atoms with Crippen LogP contribution in [-0.4, -0.2) is 4.98 Å². The molecule has 0 saturated carbocycles. The molecular weight excluding hydrogens is 560 g/mol. The highest BCUT2D eigenvalue weighted by atomic mass is 16.3. The molecule has 7 aromatic carbocycles. The van der Waals surface area contributed by atoms with E-state index >= 15 is 0 Å². The van der Waals surface area contributed by atoms with Crippen molar-refractivity contribution in [1.82, 2.24) is 4.98 Å². The predicted octanol–water partition coefficient (Wildman–Crippen LogP) is 12.1. The quantitative estimate of drug-likeness (QED) is 0.200. The predicted molar refractivity (Wildman–Crippen MR) is 192 cm³/mol. The van der Waals surface area contributed by atoms with Crippen molar-refractivity contribution in [2.75, 3.05) is 4.90 Å². The fourth-order valence-corrected chi connectivity index (χ4v) is 6.79. The van der Waals surface area contributed by atoms with Gasteiger partial charge in [0.05, 0.1) is 11.9 Å². The van der Waals surface area contributed by atoms with Crippen LogP contribution in [0.15, 0.2) is 175 Å². The molecule has 0 radical (unpaired) electrons. The molecular formula is C43H28N2O. The molecule has 0 aliphatic heterocycles. The van der Waals surface area contributed by atoms with Crippen molar-refractivity contribution < 1.29 is 4.42 Å². The summed E-state index contributed by atoms with van der Waals surface area (Å²) in [6.07, 6.45) is 3.62. The van der Waals surface area contributed by atoms with Gasteiger partial charge in [-0.05, 0) is 80.9 Å². The number of hydrogen-bond acceptors (Lipinski definition) is 3. The second-order valence-electron chi connectivity index (χ2n) is 11.6. The van der Waals surface area contributed by atoms with E-state index in [9.17, 15) is 0 Å². The van der Waals surface area contributed by atoms with E-state index in [4.69, 9.17) is 4.42 Å². The summed E-state index contributed by atoms with van der Waals surface area (Å²) >= 11 is 0. The van der Waals surface area contributed by atoms with E-state index in [-0.39, 0.29) is 0 Å². The van der Waals surface area contributed by atoms with Crippen molar-refractivity contribution in [2.45, 2.75) is 0 Å². The van der Waals surface area contributed by atoms with Gasteiger partial charge in [0.15, 0.2) is 5.58 Å². The second-order valence-corrected chi connectivity index (χ2v) is 11.6. The van der Waals surface area contributed by atoms with Crippen LogP contribution in [0.4, 0.5) is 17.1 Å². The fourth-order valence-electron chi connectivity index (χ4n) is 6.79. The lowest BCUT2D eigenvalue weighted by Crippen LogP contribution is -2.10. The fraction of sp³-hybridized carbons (Fsp3) is 0. The topological polar surface area (TPSA) is 29.3 Å². The molecule has 0 bridgehead atoms.